The van der Waals surface area contributed by atoms with Crippen molar-refractivity contribution in [2.75, 3.05) is 6.79 Å². The number of hydrogen-bond acceptors (Lipinski definition) is 3. The zero-order chi connectivity index (χ0) is 11.5. The van der Waals surface area contributed by atoms with Crippen LogP contribution in [-0.2, 0) is 0 Å². The number of benzene rings is 1. The van der Waals surface area contributed by atoms with E-state index in [0.717, 1.165) is 5.56 Å². The summed E-state index contributed by atoms with van der Waals surface area (Å²) in [6, 6.07) is 7.50. The van der Waals surface area contributed by atoms with Crippen LogP contribution in [0.4, 0.5) is 0 Å². The predicted octanol–water partition coefficient (Wildman–Crippen LogP) is 3.30. The molecule has 1 aromatic carbocycles. The Hall–Kier alpha value is -1.66. The lowest BCUT2D eigenvalue weighted by Crippen LogP contribution is -1.92. The fraction of sp³-hybridized carbons (Fsp3) is 0.250. The molecule has 0 amide bonds. The van der Waals surface area contributed by atoms with E-state index in [1.165, 1.54) is 0 Å². The van der Waals surface area contributed by atoms with Crippen LogP contribution in [0.25, 0.3) is 5.03 Å². The number of hydrogen-bond donors (Lipinski definition) is 0. The fourth-order valence-corrected chi connectivity index (χ4v) is 1.78. The largest absolute Gasteiger partial charge is 0.454 e. The first kappa shape index (κ1) is 10.8. The van der Waals surface area contributed by atoms with E-state index in [1.54, 1.807) is 12.1 Å². The van der Waals surface area contributed by atoms with Crippen molar-refractivity contribution in [1.82, 2.24) is 0 Å². The highest BCUT2D eigenvalue weighted by Crippen LogP contribution is 2.36. The number of nitrogens with zero attached hydrogens (tertiary/aromatic N) is 1. The molecule has 0 fully saturated rings. The highest BCUT2D eigenvalue weighted by Gasteiger charge is 2.15. The van der Waals surface area contributed by atoms with E-state index in [4.69, 9.17) is 26.3 Å². The molecule has 0 saturated carbocycles. The van der Waals surface area contributed by atoms with Gasteiger partial charge in [0.25, 0.3) is 0 Å². The van der Waals surface area contributed by atoms with Crippen molar-refractivity contribution in [3.8, 4) is 17.6 Å². The Morgan fingerprint density at radius 3 is 2.88 bits per heavy atom. The molecule has 0 saturated heterocycles. The third-order valence-corrected chi connectivity index (χ3v) is 2.83. The molecule has 0 aromatic heterocycles. The van der Waals surface area contributed by atoms with Gasteiger partial charge in [0.1, 0.15) is 0 Å². The molecule has 1 aliphatic heterocycles. The molecule has 0 aliphatic carbocycles. The second-order valence-electron chi connectivity index (χ2n) is 3.33. The Kier molecular flexibility index (Phi) is 3.02. The van der Waals surface area contributed by atoms with Crippen LogP contribution >= 0.6 is 11.6 Å². The Bertz CT molecular complexity index is 488. The minimum absolute atomic E-state index is 0.235. The first-order valence-electron chi connectivity index (χ1n) is 4.95. The molecule has 1 aromatic rings. The Labute approximate surface area is 98.8 Å². The summed E-state index contributed by atoms with van der Waals surface area (Å²) < 4.78 is 10.4. The summed E-state index contributed by atoms with van der Waals surface area (Å²) in [7, 11) is 0. The molecule has 2 rings (SSSR count). The maximum Gasteiger partial charge on any atom is 0.231 e. The third-order valence-electron chi connectivity index (χ3n) is 2.38. The number of fused-ring (bicyclic) bond motifs is 1. The number of nitriles is 1. The zero-order valence-electron chi connectivity index (χ0n) is 8.79. The topological polar surface area (TPSA) is 42.2 Å². The average molecular weight is 236 g/mol. The predicted molar refractivity (Wildman–Crippen MR) is 61.2 cm³/mol. The average Bonchev–Trinajstić information content (AvgIpc) is 2.77. The molecular formula is C12H10ClNO2. The van der Waals surface area contributed by atoms with Gasteiger partial charge in [-0.3, -0.25) is 0 Å². The van der Waals surface area contributed by atoms with Crippen LogP contribution in [0.15, 0.2) is 23.8 Å². The highest BCUT2D eigenvalue weighted by atomic mass is 35.5. The molecule has 4 heteroatoms. The van der Waals surface area contributed by atoms with Crippen molar-refractivity contribution in [3.05, 3.63) is 29.3 Å². The van der Waals surface area contributed by atoms with Crippen LogP contribution in [0.1, 0.15) is 18.9 Å². The van der Waals surface area contributed by atoms with Crippen molar-refractivity contribution in [2.24, 2.45) is 0 Å². The summed E-state index contributed by atoms with van der Waals surface area (Å²) in [5.74, 6) is 1.38. The van der Waals surface area contributed by atoms with Gasteiger partial charge in [-0.1, -0.05) is 18.5 Å². The number of halogens is 1. The molecule has 3 nitrogen and oxygen atoms in total. The Morgan fingerprint density at radius 1 is 1.44 bits per heavy atom. The first-order chi connectivity index (χ1) is 7.76. The van der Waals surface area contributed by atoms with Gasteiger partial charge in [-0.2, -0.15) is 5.26 Å². The van der Waals surface area contributed by atoms with Crippen molar-refractivity contribution >= 4 is 16.6 Å². The maximum atomic E-state index is 8.90. The molecule has 0 radical (unpaired) electrons. The lowest BCUT2D eigenvalue weighted by atomic mass is 10.1. The maximum absolute atomic E-state index is 8.90. The second-order valence-corrected chi connectivity index (χ2v) is 3.70. The van der Waals surface area contributed by atoms with Gasteiger partial charge in [-0.05, 0) is 30.2 Å². The number of allylic oxidation sites excluding steroid dienone is 1. The zero-order valence-corrected chi connectivity index (χ0v) is 9.54. The quantitative estimate of drug-likeness (QED) is 0.739. The summed E-state index contributed by atoms with van der Waals surface area (Å²) in [4.78, 5) is 0. The first-order valence-corrected chi connectivity index (χ1v) is 5.32. The van der Waals surface area contributed by atoms with Crippen molar-refractivity contribution in [1.29, 1.82) is 5.26 Å². The summed E-state index contributed by atoms with van der Waals surface area (Å²) in [5.41, 5.74) is 1.35. The minimum atomic E-state index is 0.235. The van der Waals surface area contributed by atoms with E-state index < -0.39 is 0 Å². The van der Waals surface area contributed by atoms with Gasteiger partial charge < -0.3 is 9.47 Å². The van der Waals surface area contributed by atoms with E-state index in [2.05, 4.69) is 6.07 Å². The van der Waals surface area contributed by atoms with E-state index in [1.807, 2.05) is 13.0 Å². The van der Waals surface area contributed by atoms with E-state index in [0.29, 0.717) is 28.5 Å². The number of ether oxygens (including phenoxy) is 2. The second kappa shape index (κ2) is 4.46. The van der Waals surface area contributed by atoms with Gasteiger partial charge in [0.05, 0.1) is 11.1 Å². The fourth-order valence-electron chi connectivity index (χ4n) is 1.49. The number of rotatable bonds is 2. The molecule has 1 heterocycles. The van der Waals surface area contributed by atoms with Crippen LogP contribution in [0, 0.1) is 11.3 Å². The van der Waals surface area contributed by atoms with E-state index >= 15 is 0 Å². The van der Waals surface area contributed by atoms with Gasteiger partial charge in [-0.15, -0.1) is 0 Å². The monoisotopic (exact) mass is 235 g/mol. The van der Waals surface area contributed by atoms with Crippen molar-refractivity contribution < 1.29 is 9.47 Å². The van der Waals surface area contributed by atoms with Crippen LogP contribution in [0.2, 0.25) is 0 Å². The summed E-state index contributed by atoms with van der Waals surface area (Å²) in [6.45, 7) is 2.13. The van der Waals surface area contributed by atoms with Crippen LogP contribution in [0.3, 0.4) is 0 Å². The SMILES string of the molecule is CCC(C#N)=C(Cl)c1ccc2c(c1)OCO2. The minimum Gasteiger partial charge on any atom is -0.454 e. The lowest BCUT2D eigenvalue weighted by Gasteiger charge is -2.03. The third kappa shape index (κ3) is 1.84. The van der Waals surface area contributed by atoms with Gasteiger partial charge in [0.2, 0.25) is 6.79 Å². The molecule has 16 heavy (non-hydrogen) atoms. The van der Waals surface area contributed by atoms with Crippen molar-refractivity contribution in [2.45, 2.75) is 13.3 Å². The molecule has 0 bridgehead atoms. The molecule has 82 valence electrons. The lowest BCUT2D eigenvalue weighted by molar-refractivity contribution is 0.174. The standard InChI is InChI=1S/C12H10ClNO2/c1-2-8(6-14)12(13)9-3-4-10-11(5-9)16-7-15-10/h3-5H,2,7H2,1H3. The Balaban J connectivity index is 2.43. The molecule has 0 unspecified atom stereocenters. The van der Waals surface area contributed by atoms with Gasteiger partial charge in [-0.25, -0.2) is 0 Å². The van der Waals surface area contributed by atoms with Crippen LogP contribution in [-0.4, -0.2) is 6.79 Å². The molecule has 1 aliphatic rings. The smallest absolute Gasteiger partial charge is 0.231 e. The molecule has 0 atom stereocenters. The molecular weight excluding hydrogens is 226 g/mol. The highest BCUT2D eigenvalue weighted by molar-refractivity contribution is 6.49. The van der Waals surface area contributed by atoms with Gasteiger partial charge >= 0.3 is 0 Å². The van der Waals surface area contributed by atoms with Crippen molar-refractivity contribution in [3.63, 3.8) is 0 Å². The molecule has 0 N–H and O–H groups in total. The van der Waals surface area contributed by atoms with E-state index in [9.17, 15) is 0 Å². The van der Waals surface area contributed by atoms with Crippen LogP contribution in [0.5, 0.6) is 11.5 Å². The van der Waals surface area contributed by atoms with E-state index in [-0.39, 0.29) is 6.79 Å². The Morgan fingerprint density at radius 2 is 2.19 bits per heavy atom. The van der Waals surface area contributed by atoms with Gasteiger partial charge in [0.15, 0.2) is 11.5 Å². The summed E-state index contributed by atoms with van der Waals surface area (Å²) in [5, 5.41) is 9.38. The normalized spacial score (nSPS) is 14.3. The summed E-state index contributed by atoms with van der Waals surface area (Å²) >= 11 is 6.13. The van der Waals surface area contributed by atoms with Gasteiger partial charge in [0, 0.05) is 5.57 Å². The summed E-state index contributed by atoms with van der Waals surface area (Å²) in [6.07, 6.45) is 0.615. The molecule has 0 spiro atoms. The van der Waals surface area contributed by atoms with Crippen LogP contribution < -0.4 is 9.47 Å².